The molecule has 0 bridgehead atoms. The Kier molecular flexibility index (Phi) is 4.60. The molecule has 0 saturated carbocycles. The number of thiazole rings is 1. The first-order valence-corrected chi connectivity index (χ1v) is 9.96. The van der Waals surface area contributed by atoms with Crippen molar-refractivity contribution in [2.45, 2.75) is 6.54 Å². The first-order valence-electron chi connectivity index (χ1n) is 7.57. The van der Waals surface area contributed by atoms with Gasteiger partial charge in [0.25, 0.3) is 5.91 Å². The van der Waals surface area contributed by atoms with Gasteiger partial charge in [0.1, 0.15) is 4.88 Å². The highest BCUT2D eigenvalue weighted by atomic mass is 35.5. The van der Waals surface area contributed by atoms with Crippen LogP contribution in [0, 0.1) is 12.3 Å². The molecule has 2 aromatic carbocycles. The van der Waals surface area contributed by atoms with Crippen LogP contribution in [0.4, 0.5) is 0 Å². The Balaban J connectivity index is 1.89. The second kappa shape index (κ2) is 6.90. The topological polar surface area (TPSA) is 34.4 Å². The molecule has 2 heterocycles. The number of fused-ring (bicyclic) bond motifs is 2. The summed E-state index contributed by atoms with van der Waals surface area (Å²) < 4.78 is 3.70. The molecule has 1 amide bonds. The minimum Gasteiger partial charge on any atom is -0.305 e. The van der Waals surface area contributed by atoms with Crippen molar-refractivity contribution in [1.82, 2.24) is 4.57 Å². The maximum Gasteiger partial charge on any atom is 0.291 e. The molecule has 0 saturated heterocycles. The van der Waals surface area contributed by atoms with E-state index in [1.807, 2.05) is 41.0 Å². The lowest BCUT2D eigenvalue weighted by Crippen LogP contribution is -2.16. The molecule has 128 valence electrons. The highest BCUT2D eigenvalue weighted by molar-refractivity contribution is 7.21. The molecule has 7 heteroatoms. The molecule has 0 aliphatic rings. The summed E-state index contributed by atoms with van der Waals surface area (Å²) in [6, 6.07) is 13.1. The van der Waals surface area contributed by atoms with E-state index in [0.717, 1.165) is 20.3 Å². The summed E-state index contributed by atoms with van der Waals surface area (Å²) >= 11 is 15.2. The van der Waals surface area contributed by atoms with E-state index in [9.17, 15) is 4.79 Å². The lowest BCUT2D eigenvalue weighted by atomic mass is 10.2. The number of halogens is 2. The Morgan fingerprint density at radius 3 is 2.73 bits per heavy atom. The fourth-order valence-corrected chi connectivity index (χ4v) is 5.37. The van der Waals surface area contributed by atoms with Crippen molar-refractivity contribution in [3.8, 4) is 12.3 Å². The monoisotopic (exact) mass is 416 g/mol. The molecule has 0 aliphatic carbocycles. The second-order valence-corrected chi connectivity index (χ2v) is 8.32. The first kappa shape index (κ1) is 17.3. The molecule has 3 nitrogen and oxygen atoms in total. The number of hydrogen-bond donors (Lipinski definition) is 0. The Morgan fingerprint density at radius 1 is 1.15 bits per heavy atom. The number of amides is 1. The Hall–Kier alpha value is -2.10. The van der Waals surface area contributed by atoms with E-state index in [1.54, 1.807) is 6.07 Å². The first-order chi connectivity index (χ1) is 12.6. The van der Waals surface area contributed by atoms with Crippen LogP contribution in [0.5, 0.6) is 0 Å². The van der Waals surface area contributed by atoms with Crippen LogP contribution >= 0.6 is 45.9 Å². The quantitative estimate of drug-likeness (QED) is 0.391. The molecule has 0 radical (unpaired) electrons. The number of benzene rings is 2. The number of nitrogens with zero attached hydrogens (tertiary/aromatic N) is 2. The third kappa shape index (κ3) is 2.95. The minimum absolute atomic E-state index is 0.313. The molecule has 0 unspecified atom stereocenters. The van der Waals surface area contributed by atoms with Gasteiger partial charge in [-0.15, -0.1) is 17.8 Å². The Morgan fingerprint density at radius 2 is 1.96 bits per heavy atom. The number of terminal acetylenes is 1. The molecule has 0 N–H and O–H groups in total. The molecular weight excluding hydrogens is 407 g/mol. The van der Waals surface area contributed by atoms with Gasteiger partial charge in [-0.05, 0) is 24.3 Å². The van der Waals surface area contributed by atoms with Crippen LogP contribution in [0.3, 0.4) is 0 Å². The van der Waals surface area contributed by atoms with Gasteiger partial charge in [-0.25, -0.2) is 0 Å². The summed E-state index contributed by atoms with van der Waals surface area (Å²) in [5.41, 5.74) is 0.895. The lowest BCUT2D eigenvalue weighted by Gasteiger charge is -1.99. The van der Waals surface area contributed by atoms with E-state index in [0.29, 0.717) is 26.3 Å². The van der Waals surface area contributed by atoms with Gasteiger partial charge in [0.15, 0.2) is 4.80 Å². The van der Waals surface area contributed by atoms with Crippen LogP contribution in [0.2, 0.25) is 10.0 Å². The van der Waals surface area contributed by atoms with E-state index in [-0.39, 0.29) is 5.91 Å². The summed E-state index contributed by atoms with van der Waals surface area (Å²) in [5.74, 6) is 2.23. The van der Waals surface area contributed by atoms with Gasteiger partial charge >= 0.3 is 0 Å². The van der Waals surface area contributed by atoms with Gasteiger partial charge in [-0.2, -0.15) is 4.99 Å². The average Bonchev–Trinajstić information content (AvgIpc) is 3.13. The number of carbonyl (C=O) groups is 1. The van der Waals surface area contributed by atoms with E-state index < -0.39 is 0 Å². The molecule has 0 spiro atoms. The highest BCUT2D eigenvalue weighted by Crippen LogP contribution is 2.35. The molecule has 0 fully saturated rings. The van der Waals surface area contributed by atoms with Gasteiger partial charge in [-0.1, -0.05) is 58.7 Å². The van der Waals surface area contributed by atoms with E-state index in [2.05, 4.69) is 10.9 Å². The predicted octanol–water partition coefficient (Wildman–Crippen LogP) is 5.60. The van der Waals surface area contributed by atoms with Gasteiger partial charge in [0.2, 0.25) is 0 Å². The maximum absolute atomic E-state index is 12.8. The van der Waals surface area contributed by atoms with Gasteiger partial charge in [-0.3, -0.25) is 4.79 Å². The van der Waals surface area contributed by atoms with Crippen LogP contribution in [0.1, 0.15) is 9.67 Å². The molecule has 26 heavy (non-hydrogen) atoms. The zero-order valence-corrected chi connectivity index (χ0v) is 16.3. The molecule has 0 atom stereocenters. The second-order valence-electron chi connectivity index (χ2n) is 5.45. The van der Waals surface area contributed by atoms with Crippen molar-refractivity contribution >= 4 is 72.1 Å². The third-order valence-electron chi connectivity index (χ3n) is 3.82. The van der Waals surface area contributed by atoms with Gasteiger partial charge in [0.05, 0.1) is 21.8 Å². The van der Waals surface area contributed by atoms with E-state index in [1.165, 1.54) is 22.7 Å². The van der Waals surface area contributed by atoms with E-state index in [4.69, 9.17) is 29.6 Å². The van der Waals surface area contributed by atoms with Crippen molar-refractivity contribution < 1.29 is 4.79 Å². The summed E-state index contributed by atoms with van der Waals surface area (Å²) in [4.78, 5) is 18.0. The van der Waals surface area contributed by atoms with Crippen molar-refractivity contribution in [2.75, 3.05) is 0 Å². The van der Waals surface area contributed by atoms with Crippen LogP contribution in [0.25, 0.3) is 20.3 Å². The normalized spacial score (nSPS) is 12.0. The largest absolute Gasteiger partial charge is 0.305 e. The third-order valence-corrected chi connectivity index (χ3v) is 6.76. The summed E-state index contributed by atoms with van der Waals surface area (Å²) in [6.07, 6.45) is 5.49. The van der Waals surface area contributed by atoms with Gasteiger partial charge in [0, 0.05) is 15.1 Å². The smallest absolute Gasteiger partial charge is 0.291 e. The standard InChI is InChI=1S/C19H10Cl2N2OS2/c1-2-9-23-13-8-7-11(20)10-15(13)26-19(23)22-18(24)17-16(21)12-5-3-4-6-14(12)25-17/h1,3-8,10H,9H2. The molecule has 0 aliphatic heterocycles. The zero-order chi connectivity index (χ0) is 18.3. The SMILES string of the molecule is C#CCn1c(=NC(=O)c2sc3ccccc3c2Cl)sc2cc(Cl)ccc21. The van der Waals surface area contributed by atoms with Crippen molar-refractivity contribution in [3.05, 3.63) is 62.2 Å². The number of carbonyl (C=O) groups excluding carboxylic acids is 1. The Bertz CT molecular complexity index is 1270. The summed E-state index contributed by atoms with van der Waals surface area (Å²) in [7, 11) is 0. The summed E-state index contributed by atoms with van der Waals surface area (Å²) in [5, 5.41) is 1.92. The Labute approximate surface area is 167 Å². The summed E-state index contributed by atoms with van der Waals surface area (Å²) in [6.45, 7) is 0.313. The number of rotatable bonds is 2. The van der Waals surface area contributed by atoms with Crippen molar-refractivity contribution in [3.63, 3.8) is 0 Å². The van der Waals surface area contributed by atoms with Crippen LogP contribution < -0.4 is 4.80 Å². The lowest BCUT2D eigenvalue weighted by molar-refractivity contribution is 0.100. The molecule has 4 aromatic rings. The fraction of sp³-hybridized carbons (Fsp3) is 0.0526. The number of thiophene rings is 1. The highest BCUT2D eigenvalue weighted by Gasteiger charge is 2.17. The van der Waals surface area contributed by atoms with Crippen LogP contribution in [0.15, 0.2) is 47.5 Å². The van der Waals surface area contributed by atoms with Crippen LogP contribution in [-0.4, -0.2) is 10.5 Å². The molecular formula is C19H10Cl2N2OS2. The van der Waals surface area contributed by atoms with Crippen LogP contribution in [-0.2, 0) is 6.54 Å². The maximum atomic E-state index is 12.8. The zero-order valence-electron chi connectivity index (χ0n) is 13.2. The molecule has 2 aromatic heterocycles. The fourth-order valence-electron chi connectivity index (χ4n) is 2.67. The minimum atomic E-state index is -0.375. The van der Waals surface area contributed by atoms with Gasteiger partial charge < -0.3 is 4.57 Å². The van der Waals surface area contributed by atoms with Crippen molar-refractivity contribution in [2.24, 2.45) is 4.99 Å². The predicted molar refractivity (Wildman–Crippen MR) is 110 cm³/mol. The number of hydrogen-bond acceptors (Lipinski definition) is 3. The number of aromatic nitrogens is 1. The molecule has 4 rings (SSSR count). The van der Waals surface area contributed by atoms with E-state index >= 15 is 0 Å². The van der Waals surface area contributed by atoms with Crippen molar-refractivity contribution in [1.29, 1.82) is 0 Å². The average molecular weight is 417 g/mol.